The number of benzene rings is 2. The Morgan fingerprint density at radius 2 is 1.73 bits per heavy atom. The van der Waals surface area contributed by atoms with Gasteiger partial charge >= 0.3 is 0 Å². The highest BCUT2D eigenvalue weighted by Gasteiger charge is 2.07. The summed E-state index contributed by atoms with van der Waals surface area (Å²) in [5.74, 6) is 0.00288. The second-order valence-electron chi connectivity index (χ2n) is 5.46. The summed E-state index contributed by atoms with van der Waals surface area (Å²) in [6.45, 7) is 6.52. The average Bonchev–Trinajstić information content (AvgIpc) is 2.47. The van der Waals surface area contributed by atoms with Gasteiger partial charge in [0, 0.05) is 29.4 Å². The highest BCUT2D eigenvalue weighted by Crippen LogP contribution is 2.21. The largest absolute Gasteiger partial charge is 0.384 e. The molecule has 0 aliphatic carbocycles. The van der Waals surface area contributed by atoms with Crippen molar-refractivity contribution in [3.63, 3.8) is 0 Å². The first-order valence-corrected chi connectivity index (χ1v) is 7.71. The molecule has 0 heterocycles. The van der Waals surface area contributed by atoms with E-state index in [9.17, 15) is 4.79 Å². The quantitative estimate of drug-likeness (QED) is 0.839. The molecule has 0 bridgehead atoms. The number of nitrogens with one attached hydrogen (secondary N) is 2. The lowest BCUT2D eigenvalue weighted by molar-refractivity contribution is -0.115. The summed E-state index contributed by atoms with van der Waals surface area (Å²) in [7, 11) is 0. The van der Waals surface area contributed by atoms with E-state index in [1.807, 2.05) is 57.2 Å². The first kappa shape index (κ1) is 16.4. The van der Waals surface area contributed by atoms with Crippen LogP contribution >= 0.6 is 11.6 Å². The lowest BCUT2D eigenvalue weighted by Gasteiger charge is -2.12. The van der Waals surface area contributed by atoms with Crippen LogP contribution < -0.4 is 10.6 Å². The van der Waals surface area contributed by atoms with Crippen LogP contribution in [0.5, 0.6) is 0 Å². The van der Waals surface area contributed by atoms with Crippen molar-refractivity contribution < 1.29 is 4.79 Å². The van der Waals surface area contributed by atoms with Crippen molar-refractivity contribution in [3.05, 3.63) is 58.1 Å². The van der Waals surface area contributed by atoms with Gasteiger partial charge in [-0.25, -0.2) is 0 Å². The zero-order valence-corrected chi connectivity index (χ0v) is 13.9. The van der Waals surface area contributed by atoms with Gasteiger partial charge in [0.15, 0.2) is 0 Å². The van der Waals surface area contributed by atoms with Crippen molar-refractivity contribution in [2.24, 2.45) is 0 Å². The Morgan fingerprint density at radius 1 is 1.05 bits per heavy atom. The Bertz CT molecular complexity index is 663. The van der Waals surface area contributed by atoms with Crippen molar-refractivity contribution >= 4 is 28.9 Å². The van der Waals surface area contributed by atoms with Crippen molar-refractivity contribution in [1.82, 2.24) is 0 Å². The molecule has 22 heavy (non-hydrogen) atoms. The molecule has 2 aromatic carbocycles. The van der Waals surface area contributed by atoms with Gasteiger partial charge in [-0.3, -0.25) is 4.79 Å². The standard InChI is InChI=1S/C18H21ClN2O/c1-12-7-8-15(11-16(12)19)20-10-9-17(22)21-18-13(2)5-4-6-14(18)3/h4-8,11,20H,9-10H2,1-3H3,(H,21,22). The van der Waals surface area contributed by atoms with E-state index in [0.717, 1.165) is 33.1 Å². The fraction of sp³-hybridized carbons (Fsp3) is 0.278. The van der Waals surface area contributed by atoms with Crippen LogP contribution in [-0.2, 0) is 4.79 Å². The number of amides is 1. The highest BCUT2D eigenvalue weighted by atomic mass is 35.5. The number of carbonyl (C=O) groups is 1. The predicted molar refractivity (Wildman–Crippen MR) is 93.8 cm³/mol. The molecule has 0 aliphatic rings. The van der Waals surface area contributed by atoms with E-state index in [-0.39, 0.29) is 5.91 Å². The van der Waals surface area contributed by atoms with Crippen LogP contribution in [0.3, 0.4) is 0 Å². The van der Waals surface area contributed by atoms with Gasteiger partial charge in [0.25, 0.3) is 0 Å². The fourth-order valence-corrected chi connectivity index (χ4v) is 2.42. The number of aryl methyl sites for hydroxylation is 3. The number of hydrogen-bond donors (Lipinski definition) is 2. The lowest BCUT2D eigenvalue weighted by atomic mass is 10.1. The number of para-hydroxylation sites is 1. The Labute approximate surface area is 136 Å². The molecule has 1 amide bonds. The second-order valence-corrected chi connectivity index (χ2v) is 5.86. The first-order chi connectivity index (χ1) is 10.5. The first-order valence-electron chi connectivity index (χ1n) is 7.33. The number of rotatable bonds is 5. The predicted octanol–water partition coefficient (Wildman–Crippen LogP) is 4.71. The van der Waals surface area contributed by atoms with Gasteiger partial charge in [0.2, 0.25) is 5.91 Å². The summed E-state index contributed by atoms with van der Waals surface area (Å²) in [5, 5.41) is 6.92. The van der Waals surface area contributed by atoms with Crippen LogP contribution in [-0.4, -0.2) is 12.5 Å². The molecule has 0 radical (unpaired) electrons. The van der Waals surface area contributed by atoms with Gasteiger partial charge in [-0.2, -0.15) is 0 Å². The van der Waals surface area contributed by atoms with Gasteiger partial charge in [-0.1, -0.05) is 35.9 Å². The Morgan fingerprint density at radius 3 is 2.36 bits per heavy atom. The molecular weight excluding hydrogens is 296 g/mol. The van der Waals surface area contributed by atoms with Crippen LogP contribution in [0.4, 0.5) is 11.4 Å². The van der Waals surface area contributed by atoms with Crippen LogP contribution in [0.15, 0.2) is 36.4 Å². The van der Waals surface area contributed by atoms with Crippen LogP contribution in [0, 0.1) is 20.8 Å². The van der Waals surface area contributed by atoms with E-state index in [1.165, 1.54) is 0 Å². The number of halogens is 1. The summed E-state index contributed by atoms with van der Waals surface area (Å²) in [5.41, 5.74) is 5.03. The summed E-state index contributed by atoms with van der Waals surface area (Å²) >= 11 is 6.08. The maximum Gasteiger partial charge on any atom is 0.226 e. The third-order valence-corrected chi connectivity index (χ3v) is 4.01. The van der Waals surface area contributed by atoms with E-state index in [0.29, 0.717) is 13.0 Å². The van der Waals surface area contributed by atoms with Crippen LogP contribution in [0.25, 0.3) is 0 Å². The molecule has 3 nitrogen and oxygen atoms in total. The molecule has 2 aromatic rings. The summed E-state index contributed by atoms with van der Waals surface area (Å²) in [6, 6.07) is 11.8. The smallest absolute Gasteiger partial charge is 0.226 e. The monoisotopic (exact) mass is 316 g/mol. The van der Waals surface area contributed by atoms with Crippen LogP contribution in [0.2, 0.25) is 5.02 Å². The Hall–Kier alpha value is -2.00. The molecule has 0 aliphatic heterocycles. The Kier molecular flexibility index (Phi) is 5.45. The molecule has 0 spiro atoms. The van der Waals surface area contributed by atoms with E-state index in [4.69, 9.17) is 11.6 Å². The van der Waals surface area contributed by atoms with Gasteiger partial charge < -0.3 is 10.6 Å². The Balaban J connectivity index is 1.86. The van der Waals surface area contributed by atoms with E-state index < -0.39 is 0 Å². The minimum absolute atomic E-state index is 0.00288. The molecular formula is C18H21ClN2O. The molecule has 0 atom stereocenters. The van der Waals surface area contributed by atoms with E-state index in [2.05, 4.69) is 10.6 Å². The maximum atomic E-state index is 12.1. The molecule has 2 rings (SSSR count). The molecule has 0 saturated carbocycles. The summed E-state index contributed by atoms with van der Waals surface area (Å²) < 4.78 is 0. The van der Waals surface area contributed by atoms with E-state index in [1.54, 1.807) is 0 Å². The second kappa shape index (κ2) is 7.32. The normalized spacial score (nSPS) is 10.4. The molecule has 0 saturated heterocycles. The van der Waals surface area contributed by atoms with Gasteiger partial charge in [-0.15, -0.1) is 0 Å². The van der Waals surface area contributed by atoms with Gasteiger partial charge in [0.05, 0.1) is 0 Å². The number of hydrogen-bond acceptors (Lipinski definition) is 2. The topological polar surface area (TPSA) is 41.1 Å². The van der Waals surface area contributed by atoms with E-state index >= 15 is 0 Å². The van der Waals surface area contributed by atoms with Crippen LogP contribution in [0.1, 0.15) is 23.1 Å². The minimum Gasteiger partial charge on any atom is -0.384 e. The SMILES string of the molecule is Cc1ccc(NCCC(=O)Nc2c(C)cccc2C)cc1Cl. The van der Waals surface area contributed by atoms with Crippen molar-refractivity contribution in [3.8, 4) is 0 Å². The lowest BCUT2D eigenvalue weighted by Crippen LogP contribution is -2.17. The maximum absolute atomic E-state index is 12.1. The highest BCUT2D eigenvalue weighted by molar-refractivity contribution is 6.31. The molecule has 0 unspecified atom stereocenters. The molecule has 4 heteroatoms. The fourth-order valence-electron chi connectivity index (χ4n) is 2.24. The number of anilines is 2. The zero-order chi connectivity index (χ0) is 16.1. The van der Waals surface area contributed by atoms with Crippen molar-refractivity contribution in [1.29, 1.82) is 0 Å². The zero-order valence-electron chi connectivity index (χ0n) is 13.2. The molecule has 116 valence electrons. The third-order valence-electron chi connectivity index (χ3n) is 3.60. The number of carbonyl (C=O) groups excluding carboxylic acids is 1. The summed E-state index contributed by atoms with van der Waals surface area (Å²) in [6.07, 6.45) is 0.402. The summed E-state index contributed by atoms with van der Waals surface area (Å²) in [4.78, 5) is 12.1. The molecule has 2 N–H and O–H groups in total. The van der Waals surface area contributed by atoms with Gasteiger partial charge in [0.1, 0.15) is 0 Å². The van der Waals surface area contributed by atoms with Gasteiger partial charge in [-0.05, 0) is 49.6 Å². The van der Waals surface area contributed by atoms with Crippen molar-refractivity contribution in [2.75, 3.05) is 17.2 Å². The minimum atomic E-state index is 0.00288. The third kappa shape index (κ3) is 4.25. The molecule has 0 aromatic heterocycles. The molecule has 0 fully saturated rings. The van der Waals surface area contributed by atoms with Crippen molar-refractivity contribution in [2.45, 2.75) is 27.2 Å². The average molecular weight is 317 g/mol.